The molecule has 0 aromatic heterocycles. The van der Waals surface area contributed by atoms with Gasteiger partial charge in [0.05, 0.1) is 48.3 Å². The van der Waals surface area contributed by atoms with Gasteiger partial charge in [0.25, 0.3) is 0 Å². The minimum absolute atomic E-state index is 0.0227. The molecule has 0 aliphatic carbocycles. The highest BCUT2D eigenvalue weighted by Crippen LogP contribution is 2.25. The SMILES string of the molecule is CC(CC(=N)N)N=NC(C)(CC(=N)N)N=NC(C)(CC(=N)N)N=NC(C)CC(=N)N. The monoisotopic (exact) mass is 422 g/mol. The minimum Gasteiger partial charge on any atom is -0.388 e. The average Bonchev–Trinajstić information content (AvgIpc) is 2.55. The van der Waals surface area contributed by atoms with E-state index in [4.69, 9.17) is 44.6 Å². The van der Waals surface area contributed by atoms with Crippen molar-refractivity contribution in [3.8, 4) is 0 Å². The summed E-state index contributed by atoms with van der Waals surface area (Å²) in [6.45, 7) is 6.65. The van der Waals surface area contributed by atoms with E-state index < -0.39 is 11.3 Å². The maximum Gasteiger partial charge on any atom is 0.195 e. The van der Waals surface area contributed by atoms with Crippen LogP contribution in [-0.2, 0) is 0 Å². The molecule has 0 aromatic rings. The first-order valence-electron chi connectivity index (χ1n) is 9.26. The molecule has 168 valence electrons. The van der Waals surface area contributed by atoms with Crippen molar-refractivity contribution >= 4 is 23.3 Å². The van der Waals surface area contributed by atoms with Crippen LogP contribution in [0.25, 0.3) is 0 Å². The largest absolute Gasteiger partial charge is 0.388 e. The van der Waals surface area contributed by atoms with Gasteiger partial charge in [-0.25, -0.2) is 0 Å². The first-order valence-corrected chi connectivity index (χ1v) is 9.26. The number of hydrogen-bond donors (Lipinski definition) is 8. The third kappa shape index (κ3) is 12.2. The molecule has 14 heteroatoms. The Kier molecular flexibility index (Phi) is 10.3. The fourth-order valence-electron chi connectivity index (χ4n) is 2.28. The zero-order valence-corrected chi connectivity index (χ0v) is 18.0. The second kappa shape index (κ2) is 11.6. The van der Waals surface area contributed by atoms with Crippen LogP contribution in [0, 0.1) is 21.6 Å². The Morgan fingerprint density at radius 1 is 0.633 bits per heavy atom. The van der Waals surface area contributed by atoms with Crippen LogP contribution in [0.1, 0.15) is 53.4 Å². The van der Waals surface area contributed by atoms with Crippen LogP contribution >= 0.6 is 0 Å². The molecule has 14 nitrogen and oxygen atoms in total. The van der Waals surface area contributed by atoms with Gasteiger partial charge in [0.1, 0.15) is 0 Å². The van der Waals surface area contributed by atoms with Gasteiger partial charge in [0, 0.05) is 12.8 Å². The highest BCUT2D eigenvalue weighted by molar-refractivity contribution is 5.79. The Labute approximate surface area is 176 Å². The summed E-state index contributed by atoms with van der Waals surface area (Å²) in [6.07, 6.45) is 0.337. The molecule has 0 aromatic carbocycles. The van der Waals surface area contributed by atoms with Crippen molar-refractivity contribution in [3.05, 3.63) is 0 Å². The summed E-state index contributed by atoms with van der Waals surface area (Å²) in [5, 5.41) is 54.7. The molecule has 0 spiro atoms. The summed E-state index contributed by atoms with van der Waals surface area (Å²) >= 11 is 0. The van der Waals surface area contributed by atoms with Crippen LogP contribution in [0.2, 0.25) is 0 Å². The maximum atomic E-state index is 7.59. The molecule has 12 N–H and O–H groups in total. The van der Waals surface area contributed by atoms with E-state index in [9.17, 15) is 0 Å². The Balaban J connectivity index is 5.79. The van der Waals surface area contributed by atoms with Crippen molar-refractivity contribution in [2.24, 2.45) is 53.6 Å². The van der Waals surface area contributed by atoms with Gasteiger partial charge in [0.15, 0.2) is 11.3 Å². The Bertz CT molecular complexity index is 665. The normalized spacial score (nSPS) is 18.1. The van der Waals surface area contributed by atoms with Crippen LogP contribution in [0.4, 0.5) is 0 Å². The van der Waals surface area contributed by atoms with Gasteiger partial charge in [-0.2, -0.15) is 30.7 Å². The van der Waals surface area contributed by atoms with Crippen LogP contribution in [-0.4, -0.2) is 46.8 Å². The maximum absolute atomic E-state index is 7.59. The van der Waals surface area contributed by atoms with E-state index in [-0.39, 0.29) is 61.1 Å². The standard InChI is InChI=1S/C16H34N14/c1-9(5-11(17)18)25-27-15(3,7-13(21)22)29-30-16(4,8-14(23)24)28-26-10(2)6-12(19)20/h9-10H,5-8H2,1-4H3,(H3,17,18)(H3,19,20)(H3,21,22)(H3,23,24). The summed E-state index contributed by atoms with van der Waals surface area (Å²) < 4.78 is 0. The topological polar surface area (TPSA) is 274 Å². The second-order valence-corrected chi connectivity index (χ2v) is 7.63. The van der Waals surface area contributed by atoms with Crippen LogP contribution < -0.4 is 22.9 Å². The molecule has 0 aliphatic heterocycles. The number of azo groups is 3. The number of nitrogens with one attached hydrogen (secondary N) is 4. The lowest BCUT2D eigenvalue weighted by Crippen LogP contribution is -2.31. The lowest BCUT2D eigenvalue weighted by atomic mass is 10.1. The molecule has 0 radical (unpaired) electrons. The number of hydrogen-bond acceptors (Lipinski definition) is 10. The second-order valence-electron chi connectivity index (χ2n) is 7.63. The van der Waals surface area contributed by atoms with Gasteiger partial charge in [-0.15, -0.1) is 0 Å². The molecule has 0 rings (SSSR count). The molecule has 4 unspecified atom stereocenters. The Hall–Kier alpha value is -3.32. The molecular weight excluding hydrogens is 388 g/mol. The Morgan fingerprint density at radius 2 is 0.933 bits per heavy atom. The number of nitrogens with two attached hydrogens (primary N) is 4. The zero-order chi connectivity index (χ0) is 23.5. The van der Waals surface area contributed by atoms with Gasteiger partial charge >= 0.3 is 0 Å². The minimum atomic E-state index is -1.30. The Morgan fingerprint density at radius 3 is 1.17 bits per heavy atom. The quantitative estimate of drug-likeness (QED) is 0.118. The molecule has 0 aliphatic rings. The number of amidine groups is 4. The van der Waals surface area contributed by atoms with E-state index in [2.05, 4.69) is 30.7 Å². The van der Waals surface area contributed by atoms with E-state index in [1.165, 1.54) is 0 Å². The van der Waals surface area contributed by atoms with Crippen LogP contribution in [0.3, 0.4) is 0 Å². The predicted molar refractivity (Wildman–Crippen MR) is 116 cm³/mol. The molecular formula is C16H34N14. The molecule has 0 heterocycles. The first-order chi connectivity index (χ1) is 13.7. The summed E-state index contributed by atoms with van der Waals surface area (Å²) in [5.74, 6) is -0.379. The van der Waals surface area contributed by atoms with Gasteiger partial charge in [-0.1, -0.05) is 0 Å². The van der Waals surface area contributed by atoms with Gasteiger partial charge < -0.3 is 22.9 Å². The number of nitrogens with zero attached hydrogens (tertiary/aromatic N) is 6. The van der Waals surface area contributed by atoms with Crippen molar-refractivity contribution in [1.82, 2.24) is 0 Å². The first kappa shape index (κ1) is 26.7. The van der Waals surface area contributed by atoms with E-state index in [0.29, 0.717) is 0 Å². The fraction of sp³-hybridized carbons (Fsp3) is 0.750. The lowest BCUT2D eigenvalue weighted by molar-refractivity contribution is 0.379. The van der Waals surface area contributed by atoms with Crippen molar-refractivity contribution in [3.63, 3.8) is 0 Å². The molecule has 0 fully saturated rings. The van der Waals surface area contributed by atoms with Gasteiger partial charge in [-0.05, 0) is 27.7 Å². The average molecular weight is 423 g/mol. The fourth-order valence-corrected chi connectivity index (χ4v) is 2.28. The summed E-state index contributed by atoms with van der Waals surface area (Å²) in [5.41, 5.74) is 19.2. The van der Waals surface area contributed by atoms with Crippen LogP contribution in [0.5, 0.6) is 0 Å². The summed E-state index contributed by atoms with van der Waals surface area (Å²) in [7, 11) is 0. The van der Waals surface area contributed by atoms with Crippen LogP contribution in [0.15, 0.2) is 30.7 Å². The molecule has 30 heavy (non-hydrogen) atoms. The summed E-state index contributed by atoms with van der Waals surface area (Å²) in [4.78, 5) is 0. The van der Waals surface area contributed by atoms with E-state index in [1.807, 2.05) is 0 Å². The van der Waals surface area contributed by atoms with Crippen molar-refractivity contribution in [2.45, 2.75) is 76.8 Å². The third-order valence-corrected chi connectivity index (χ3v) is 3.50. The summed E-state index contributed by atoms with van der Waals surface area (Å²) in [6, 6.07) is -0.723. The van der Waals surface area contributed by atoms with E-state index in [0.717, 1.165) is 0 Å². The van der Waals surface area contributed by atoms with Gasteiger partial charge in [-0.3, -0.25) is 21.6 Å². The molecule has 0 bridgehead atoms. The smallest absolute Gasteiger partial charge is 0.195 e. The molecule has 0 saturated heterocycles. The predicted octanol–water partition coefficient (Wildman–Crippen LogP) is 1.86. The van der Waals surface area contributed by atoms with Crippen molar-refractivity contribution < 1.29 is 0 Å². The van der Waals surface area contributed by atoms with E-state index >= 15 is 0 Å². The lowest BCUT2D eigenvalue weighted by Gasteiger charge is -2.22. The highest BCUT2D eigenvalue weighted by Gasteiger charge is 2.30. The van der Waals surface area contributed by atoms with Crippen molar-refractivity contribution in [2.75, 3.05) is 0 Å². The number of rotatable bonds is 14. The highest BCUT2D eigenvalue weighted by atomic mass is 15.4. The molecule has 0 amide bonds. The molecule has 0 saturated carbocycles. The molecule has 4 atom stereocenters. The zero-order valence-electron chi connectivity index (χ0n) is 18.0. The third-order valence-electron chi connectivity index (χ3n) is 3.50. The van der Waals surface area contributed by atoms with E-state index in [1.54, 1.807) is 27.7 Å². The van der Waals surface area contributed by atoms with Gasteiger partial charge in [0.2, 0.25) is 0 Å². The van der Waals surface area contributed by atoms with Crippen molar-refractivity contribution in [1.29, 1.82) is 21.6 Å².